The first-order valence-corrected chi connectivity index (χ1v) is 5.69. The second kappa shape index (κ2) is 6.81. The Bertz CT molecular complexity index is 282. The normalized spacial score (nSPS) is 18.2. The average molecular weight is 264 g/mol. The molecule has 1 fully saturated rings. The lowest BCUT2D eigenvalue weighted by Crippen LogP contribution is -2.48. The number of piperidine rings is 1. The number of nitrogens with zero attached hydrogens (tertiary/aromatic N) is 1. The van der Waals surface area contributed by atoms with Gasteiger partial charge in [-0.1, -0.05) is 13.8 Å². The molecule has 0 aromatic carbocycles. The van der Waals surface area contributed by atoms with E-state index in [0.29, 0.717) is 0 Å². The van der Waals surface area contributed by atoms with Gasteiger partial charge in [-0.15, -0.1) is 12.4 Å². The summed E-state index contributed by atoms with van der Waals surface area (Å²) in [5.41, 5.74) is 5.33. The van der Waals surface area contributed by atoms with Gasteiger partial charge in [-0.3, -0.25) is 9.59 Å². The molecule has 3 N–H and O–H groups in total. The summed E-state index contributed by atoms with van der Waals surface area (Å²) in [6.45, 7) is 5.87. The molecule has 2 amide bonds. The van der Waals surface area contributed by atoms with Crippen LogP contribution < -0.4 is 11.1 Å². The van der Waals surface area contributed by atoms with Gasteiger partial charge in [-0.05, 0) is 18.3 Å². The third-order valence-electron chi connectivity index (χ3n) is 2.88. The lowest BCUT2D eigenvalue weighted by molar-refractivity contribution is -0.135. The molecule has 6 heteroatoms. The molecule has 0 atom stereocenters. The molecule has 0 unspecified atom stereocenters. The first kappa shape index (κ1) is 16.2. The Hall–Kier alpha value is -0.810. The Balaban J connectivity index is 0.00000256. The summed E-state index contributed by atoms with van der Waals surface area (Å²) in [5, 5.41) is 2.50. The summed E-state index contributed by atoms with van der Waals surface area (Å²) in [5.74, 6) is -0.306. The molecular formula is C11H22ClN3O2. The number of hydrogen-bond acceptors (Lipinski definition) is 3. The topological polar surface area (TPSA) is 75.4 Å². The van der Waals surface area contributed by atoms with Crippen molar-refractivity contribution in [1.82, 2.24) is 10.2 Å². The highest BCUT2D eigenvalue weighted by atomic mass is 35.5. The van der Waals surface area contributed by atoms with Crippen LogP contribution in [0.2, 0.25) is 0 Å². The summed E-state index contributed by atoms with van der Waals surface area (Å²) in [6.07, 6.45) is 2.18. The van der Waals surface area contributed by atoms with Crippen LogP contribution in [0.25, 0.3) is 0 Å². The molecule has 1 saturated heterocycles. The largest absolute Gasteiger partial charge is 0.346 e. The maximum atomic E-state index is 11.8. The van der Waals surface area contributed by atoms with E-state index in [0.717, 1.165) is 25.9 Å². The van der Waals surface area contributed by atoms with Gasteiger partial charge in [0.2, 0.25) is 11.8 Å². The summed E-state index contributed by atoms with van der Waals surface area (Å²) in [6, 6.07) is 0. The molecule has 1 heterocycles. The standard InChI is InChI=1S/C11H21N3O2.ClH/c1-11(2)4-3-5-14(8-11)10(16)7-13-9(15)6-12;/h3-8,12H2,1-2H3,(H,13,15);1H. The maximum Gasteiger partial charge on any atom is 0.241 e. The molecular weight excluding hydrogens is 242 g/mol. The van der Waals surface area contributed by atoms with Crippen LogP contribution in [-0.4, -0.2) is 42.9 Å². The molecule has 0 bridgehead atoms. The quantitative estimate of drug-likeness (QED) is 0.760. The zero-order chi connectivity index (χ0) is 12.2. The zero-order valence-electron chi connectivity index (χ0n) is 10.5. The molecule has 0 aromatic rings. The minimum atomic E-state index is -0.287. The summed E-state index contributed by atoms with van der Waals surface area (Å²) >= 11 is 0. The van der Waals surface area contributed by atoms with Crippen molar-refractivity contribution >= 4 is 24.2 Å². The number of hydrogen-bond donors (Lipinski definition) is 2. The van der Waals surface area contributed by atoms with Crippen LogP contribution in [0.1, 0.15) is 26.7 Å². The number of rotatable bonds is 3. The summed E-state index contributed by atoms with van der Waals surface area (Å²) in [7, 11) is 0. The smallest absolute Gasteiger partial charge is 0.241 e. The van der Waals surface area contributed by atoms with E-state index < -0.39 is 0 Å². The van der Waals surface area contributed by atoms with E-state index in [4.69, 9.17) is 5.73 Å². The van der Waals surface area contributed by atoms with Crippen LogP contribution >= 0.6 is 12.4 Å². The molecule has 1 aliphatic rings. The van der Waals surface area contributed by atoms with E-state index >= 15 is 0 Å². The zero-order valence-corrected chi connectivity index (χ0v) is 11.3. The Morgan fingerprint density at radius 2 is 2.06 bits per heavy atom. The van der Waals surface area contributed by atoms with Gasteiger partial charge < -0.3 is 16.0 Å². The number of likely N-dealkylation sites (tertiary alicyclic amines) is 1. The maximum absolute atomic E-state index is 11.8. The Kier molecular flexibility index (Phi) is 6.49. The number of carbonyl (C=O) groups is 2. The second-order valence-electron chi connectivity index (χ2n) is 5.06. The molecule has 1 rings (SSSR count). The van der Waals surface area contributed by atoms with Gasteiger partial charge in [0.05, 0.1) is 13.1 Å². The lowest BCUT2D eigenvalue weighted by Gasteiger charge is -2.38. The molecule has 5 nitrogen and oxygen atoms in total. The highest BCUT2D eigenvalue weighted by molar-refractivity contribution is 5.85. The van der Waals surface area contributed by atoms with Crippen molar-refractivity contribution in [1.29, 1.82) is 0 Å². The lowest BCUT2D eigenvalue weighted by atomic mass is 9.84. The van der Waals surface area contributed by atoms with Gasteiger partial charge in [-0.2, -0.15) is 0 Å². The fourth-order valence-corrected chi connectivity index (χ4v) is 1.99. The third-order valence-corrected chi connectivity index (χ3v) is 2.88. The molecule has 0 aromatic heterocycles. The van der Waals surface area contributed by atoms with Crippen LogP contribution in [0, 0.1) is 5.41 Å². The highest BCUT2D eigenvalue weighted by Crippen LogP contribution is 2.28. The number of halogens is 1. The Labute approximate surface area is 109 Å². The van der Waals surface area contributed by atoms with Crippen molar-refractivity contribution < 1.29 is 9.59 Å². The van der Waals surface area contributed by atoms with Gasteiger partial charge in [0.15, 0.2) is 0 Å². The number of nitrogens with one attached hydrogen (secondary N) is 1. The fourth-order valence-electron chi connectivity index (χ4n) is 1.99. The molecule has 1 aliphatic heterocycles. The van der Waals surface area contributed by atoms with E-state index in [-0.39, 0.29) is 42.7 Å². The minimum Gasteiger partial charge on any atom is -0.346 e. The van der Waals surface area contributed by atoms with Gasteiger partial charge in [-0.25, -0.2) is 0 Å². The van der Waals surface area contributed by atoms with Crippen molar-refractivity contribution in [2.24, 2.45) is 11.1 Å². The molecule has 0 spiro atoms. The third kappa shape index (κ3) is 5.37. The highest BCUT2D eigenvalue weighted by Gasteiger charge is 2.28. The van der Waals surface area contributed by atoms with Crippen molar-refractivity contribution in [2.75, 3.05) is 26.2 Å². The number of carbonyl (C=O) groups excluding carboxylic acids is 2. The van der Waals surface area contributed by atoms with Crippen LogP contribution in [0.15, 0.2) is 0 Å². The molecule has 0 radical (unpaired) electrons. The van der Waals surface area contributed by atoms with Crippen LogP contribution in [0.3, 0.4) is 0 Å². The van der Waals surface area contributed by atoms with Crippen molar-refractivity contribution in [3.63, 3.8) is 0 Å². The van der Waals surface area contributed by atoms with Crippen molar-refractivity contribution in [3.05, 3.63) is 0 Å². The minimum absolute atomic E-state index is 0. The number of nitrogens with two attached hydrogens (primary N) is 1. The van der Waals surface area contributed by atoms with Crippen LogP contribution in [0.4, 0.5) is 0 Å². The Morgan fingerprint density at radius 1 is 1.41 bits per heavy atom. The predicted octanol–water partition coefficient (Wildman–Crippen LogP) is 0.132. The Morgan fingerprint density at radius 3 is 2.59 bits per heavy atom. The number of amides is 2. The molecule has 100 valence electrons. The predicted molar refractivity (Wildman–Crippen MR) is 68.9 cm³/mol. The summed E-state index contributed by atoms with van der Waals surface area (Å²) < 4.78 is 0. The van der Waals surface area contributed by atoms with Gasteiger partial charge in [0.25, 0.3) is 0 Å². The van der Waals surface area contributed by atoms with E-state index in [1.165, 1.54) is 0 Å². The first-order chi connectivity index (χ1) is 7.44. The fraction of sp³-hybridized carbons (Fsp3) is 0.818. The van der Waals surface area contributed by atoms with Gasteiger partial charge in [0.1, 0.15) is 0 Å². The second-order valence-corrected chi connectivity index (χ2v) is 5.06. The van der Waals surface area contributed by atoms with Gasteiger partial charge in [0, 0.05) is 13.1 Å². The SMILES string of the molecule is CC1(C)CCCN(C(=O)CNC(=O)CN)C1.Cl. The van der Waals surface area contributed by atoms with Crippen molar-refractivity contribution in [3.8, 4) is 0 Å². The first-order valence-electron chi connectivity index (χ1n) is 5.69. The van der Waals surface area contributed by atoms with Gasteiger partial charge >= 0.3 is 0 Å². The molecule has 0 saturated carbocycles. The summed E-state index contributed by atoms with van der Waals surface area (Å²) in [4.78, 5) is 24.5. The average Bonchev–Trinajstić information content (AvgIpc) is 2.23. The molecule has 17 heavy (non-hydrogen) atoms. The van der Waals surface area contributed by atoms with E-state index in [1.54, 1.807) is 0 Å². The van der Waals surface area contributed by atoms with Crippen LogP contribution in [-0.2, 0) is 9.59 Å². The monoisotopic (exact) mass is 263 g/mol. The van der Waals surface area contributed by atoms with Crippen molar-refractivity contribution in [2.45, 2.75) is 26.7 Å². The van der Waals surface area contributed by atoms with E-state index in [2.05, 4.69) is 19.2 Å². The van der Waals surface area contributed by atoms with Crippen LogP contribution in [0.5, 0.6) is 0 Å². The molecule has 0 aliphatic carbocycles. The van der Waals surface area contributed by atoms with E-state index in [9.17, 15) is 9.59 Å². The van der Waals surface area contributed by atoms with E-state index in [1.807, 2.05) is 4.90 Å².